The van der Waals surface area contributed by atoms with Gasteiger partial charge in [0, 0.05) is 16.2 Å². The highest BCUT2D eigenvalue weighted by molar-refractivity contribution is 7.88. The normalized spacial score (nSPS) is 12.5. The number of benzene rings is 1. The molecule has 7 heteroatoms. The maximum absolute atomic E-state index is 12.1. The van der Waals surface area contributed by atoms with Crippen molar-refractivity contribution in [1.82, 2.24) is 4.31 Å². The average Bonchev–Trinajstić information content (AvgIpc) is 2.28. The van der Waals surface area contributed by atoms with Crippen LogP contribution in [-0.2, 0) is 14.8 Å². The van der Waals surface area contributed by atoms with E-state index in [9.17, 15) is 13.2 Å². The second-order valence-electron chi connectivity index (χ2n) is 5.95. The van der Waals surface area contributed by atoms with E-state index in [0.717, 1.165) is 16.1 Å². The lowest BCUT2D eigenvalue weighted by Crippen LogP contribution is -2.48. The lowest BCUT2D eigenvalue weighted by Gasteiger charge is -2.32. The molecule has 5 nitrogen and oxygen atoms in total. The lowest BCUT2D eigenvalue weighted by molar-refractivity contribution is -0.117. The van der Waals surface area contributed by atoms with Crippen molar-refractivity contribution in [2.24, 2.45) is 0 Å². The number of sulfonamides is 1. The highest BCUT2D eigenvalue weighted by Crippen LogP contribution is 2.21. The van der Waals surface area contributed by atoms with Crippen molar-refractivity contribution >= 4 is 33.2 Å². The van der Waals surface area contributed by atoms with Gasteiger partial charge in [-0.05, 0) is 45.4 Å². The summed E-state index contributed by atoms with van der Waals surface area (Å²) in [6.07, 6.45) is 1.09. The molecule has 21 heavy (non-hydrogen) atoms. The number of hydrogen-bond donors (Lipinski definition) is 1. The van der Waals surface area contributed by atoms with Crippen molar-refractivity contribution < 1.29 is 13.2 Å². The van der Waals surface area contributed by atoms with Gasteiger partial charge in [0.05, 0.1) is 12.8 Å². The number of hydrogen-bond acceptors (Lipinski definition) is 3. The van der Waals surface area contributed by atoms with E-state index in [1.165, 1.54) is 0 Å². The van der Waals surface area contributed by atoms with Crippen molar-refractivity contribution in [2.45, 2.75) is 33.2 Å². The molecule has 0 saturated carbocycles. The van der Waals surface area contributed by atoms with Crippen molar-refractivity contribution in [2.75, 3.05) is 18.1 Å². The molecular weight excluding hydrogens is 312 g/mol. The zero-order chi connectivity index (χ0) is 16.4. The number of nitrogens with one attached hydrogen (secondary N) is 1. The lowest BCUT2D eigenvalue weighted by atomic mass is 10.1. The van der Waals surface area contributed by atoms with Gasteiger partial charge in [0.25, 0.3) is 0 Å². The van der Waals surface area contributed by atoms with E-state index >= 15 is 0 Å². The number of aryl methyl sites for hydroxylation is 1. The molecule has 0 bridgehead atoms. The molecule has 0 radical (unpaired) electrons. The SMILES string of the molecule is Cc1ccc(Cl)cc1NC(=O)CN(C(C)(C)C)S(C)(=O)=O. The second-order valence-corrected chi connectivity index (χ2v) is 8.29. The first-order valence-electron chi connectivity index (χ1n) is 6.45. The van der Waals surface area contributed by atoms with Crippen LogP contribution < -0.4 is 5.32 Å². The third-order valence-corrected chi connectivity index (χ3v) is 4.62. The third kappa shape index (κ3) is 5.30. The van der Waals surface area contributed by atoms with Crippen molar-refractivity contribution in [3.63, 3.8) is 0 Å². The summed E-state index contributed by atoms with van der Waals surface area (Å²) >= 11 is 5.89. The Labute approximate surface area is 131 Å². The number of carbonyl (C=O) groups excluding carboxylic acids is 1. The monoisotopic (exact) mass is 332 g/mol. The van der Waals surface area contributed by atoms with E-state index in [1.54, 1.807) is 39.0 Å². The smallest absolute Gasteiger partial charge is 0.239 e. The molecule has 0 aromatic heterocycles. The molecule has 0 fully saturated rings. The topological polar surface area (TPSA) is 66.5 Å². The van der Waals surface area contributed by atoms with Crippen molar-refractivity contribution in [3.05, 3.63) is 28.8 Å². The molecule has 1 rings (SSSR count). The zero-order valence-electron chi connectivity index (χ0n) is 12.9. The first-order valence-corrected chi connectivity index (χ1v) is 8.67. The Bertz CT molecular complexity index is 636. The minimum atomic E-state index is -3.48. The first kappa shape index (κ1) is 17.9. The van der Waals surface area contributed by atoms with Crippen LogP contribution in [0.3, 0.4) is 0 Å². The van der Waals surface area contributed by atoms with E-state index in [-0.39, 0.29) is 6.54 Å². The fourth-order valence-electron chi connectivity index (χ4n) is 1.90. The quantitative estimate of drug-likeness (QED) is 0.921. The minimum absolute atomic E-state index is 0.242. The molecule has 1 aromatic rings. The molecule has 0 heterocycles. The number of carbonyl (C=O) groups is 1. The summed E-state index contributed by atoms with van der Waals surface area (Å²) in [7, 11) is -3.48. The largest absolute Gasteiger partial charge is 0.325 e. The summed E-state index contributed by atoms with van der Waals surface area (Å²) in [5, 5.41) is 3.20. The van der Waals surface area contributed by atoms with Gasteiger partial charge in [-0.25, -0.2) is 8.42 Å². The molecule has 0 aliphatic heterocycles. The minimum Gasteiger partial charge on any atom is -0.325 e. The first-order chi connectivity index (χ1) is 9.41. The van der Waals surface area contributed by atoms with Crippen LogP contribution in [0.1, 0.15) is 26.3 Å². The summed E-state index contributed by atoms with van der Waals surface area (Å²) < 4.78 is 24.8. The number of nitrogens with zero attached hydrogens (tertiary/aromatic N) is 1. The molecule has 0 spiro atoms. The zero-order valence-corrected chi connectivity index (χ0v) is 14.5. The van der Waals surface area contributed by atoms with Gasteiger partial charge in [-0.1, -0.05) is 17.7 Å². The molecule has 1 N–H and O–H groups in total. The third-order valence-electron chi connectivity index (χ3n) is 2.91. The van der Waals surface area contributed by atoms with Gasteiger partial charge in [-0.2, -0.15) is 4.31 Å². The van der Waals surface area contributed by atoms with Crippen LogP contribution in [-0.4, -0.2) is 37.0 Å². The van der Waals surface area contributed by atoms with Gasteiger partial charge in [-0.3, -0.25) is 4.79 Å². The van der Waals surface area contributed by atoms with Gasteiger partial charge in [0.1, 0.15) is 0 Å². The number of anilines is 1. The van der Waals surface area contributed by atoms with Crippen LogP contribution in [0.2, 0.25) is 5.02 Å². The Hall–Kier alpha value is -1.11. The van der Waals surface area contributed by atoms with Crippen LogP contribution in [0.5, 0.6) is 0 Å². The van der Waals surface area contributed by atoms with E-state index in [0.29, 0.717) is 10.7 Å². The van der Waals surface area contributed by atoms with Gasteiger partial charge in [-0.15, -0.1) is 0 Å². The Balaban J connectivity index is 2.92. The van der Waals surface area contributed by atoms with Crippen molar-refractivity contribution in [1.29, 1.82) is 0 Å². The predicted octanol–water partition coefficient (Wildman–Crippen LogP) is 2.65. The van der Waals surface area contributed by atoms with Crippen LogP contribution in [0.4, 0.5) is 5.69 Å². The summed E-state index contributed by atoms with van der Waals surface area (Å²) in [5.41, 5.74) is 0.762. The molecule has 118 valence electrons. The molecule has 0 unspecified atom stereocenters. The van der Waals surface area contributed by atoms with Crippen LogP contribution in [0.15, 0.2) is 18.2 Å². The standard InChI is InChI=1S/C14H21ClN2O3S/c1-10-6-7-11(15)8-12(10)16-13(18)9-17(14(2,3)4)21(5,19)20/h6-8H,9H2,1-5H3,(H,16,18). The van der Waals surface area contributed by atoms with Crippen LogP contribution in [0.25, 0.3) is 0 Å². The fraction of sp³-hybridized carbons (Fsp3) is 0.500. The number of amides is 1. The Morgan fingerprint density at radius 3 is 2.38 bits per heavy atom. The Morgan fingerprint density at radius 2 is 1.90 bits per heavy atom. The summed E-state index contributed by atoms with van der Waals surface area (Å²) in [4.78, 5) is 12.1. The maximum atomic E-state index is 12.1. The maximum Gasteiger partial charge on any atom is 0.239 e. The fourth-order valence-corrected chi connectivity index (χ4v) is 3.42. The average molecular weight is 333 g/mol. The van der Waals surface area contributed by atoms with E-state index in [2.05, 4.69) is 5.32 Å². The summed E-state index contributed by atoms with van der Waals surface area (Å²) in [6, 6.07) is 5.15. The number of rotatable bonds is 4. The van der Waals surface area contributed by atoms with E-state index < -0.39 is 21.5 Å². The van der Waals surface area contributed by atoms with Crippen LogP contribution in [0, 0.1) is 6.92 Å². The highest BCUT2D eigenvalue weighted by Gasteiger charge is 2.31. The number of halogens is 1. The molecule has 0 atom stereocenters. The molecule has 1 amide bonds. The second kappa shape index (κ2) is 6.34. The van der Waals surface area contributed by atoms with Crippen molar-refractivity contribution in [3.8, 4) is 0 Å². The molecule has 1 aromatic carbocycles. The molecule has 0 aliphatic carbocycles. The van der Waals surface area contributed by atoms with Gasteiger partial charge >= 0.3 is 0 Å². The van der Waals surface area contributed by atoms with Gasteiger partial charge < -0.3 is 5.32 Å². The predicted molar refractivity (Wildman–Crippen MR) is 86.1 cm³/mol. The Kier molecular flexibility index (Phi) is 5.41. The van der Waals surface area contributed by atoms with Crippen LogP contribution >= 0.6 is 11.6 Å². The van der Waals surface area contributed by atoms with E-state index in [4.69, 9.17) is 11.6 Å². The summed E-state index contributed by atoms with van der Waals surface area (Å²) in [6.45, 7) is 6.82. The Morgan fingerprint density at radius 1 is 1.33 bits per heavy atom. The van der Waals surface area contributed by atoms with Gasteiger partial charge in [0.15, 0.2) is 0 Å². The van der Waals surface area contributed by atoms with Gasteiger partial charge in [0.2, 0.25) is 15.9 Å². The highest BCUT2D eigenvalue weighted by atomic mass is 35.5. The molecule has 0 saturated heterocycles. The summed E-state index contributed by atoms with van der Waals surface area (Å²) in [5.74, 6) is -0.402. The van der Waals surface area contributed by atoms with E-state index in [1.807, 2.05) is 6.92 Å². The molecule has 0 aliphatic rings. The molecular formula is C14H21ClN2O3S.